The molecule has 0 amide bonds. The summed E-state index contributed by atoms with van der Waals surface area (Å²) in [5, 5.41) is 5.30. The van der Waals surface area contributed by atoms with Crippen LogP contribution in [0.25, 0.3) is 56.0 Å². The van der Waals surface area contributed by atoms with Crippen molar-refractivity contribution in [2.75, 3.05) is 0 Å². The lowest BCUT2D eigenvalue weighted by molar-refractivity contribution is 0.830. The first-order valence-corrected chi connectivity index (χ1v) is 18.0. The van der Waals surface area contributed by atoms with Crippen LogP contribution in [0.2, 0.25) is 12.1 Å². The normalized spacial score (nSPS) is 16.9. The van der Waals surface area contributed by atoms with E-state index in [4.69, 9.17) is 0 Å². The van der Waals surface area contributed by atoms with Gasteiger partial charge >= 0.3 is 0 Å². The van der Waals surface area contributed by atoms with E-state index in [1.807, 2.05) is 0 Å². The Morgan fingerprint density at radius 1 is 0.444 bits per heavy atom. The highest BCUT2D eigenvalue weighted by molar-refractivity contribution is 6.36. The molecule has 1 heteroatoms. The Morgan fingerprint density at radius 2 is 0.844 bits per heavy atom. The molecular formula is C44H38Si. The third-order valence-corrected chi connectivity index (χ3v) is 11.7. The smallest absolute Gasteiger partial charge is 0.0397 e. The van der Waals surface area contributed by atoms with E-state index in [-0.39, 0.29) is 0 Å². The van der Waals surface area contributed by atoms with Gasteiger partial charge in [0, 0.05) is 21.4 Å². The second-order valence-electron chi connectivity index (χ2n) is 12.6. The molecule has 0 bridgehead atoms. The zero-order valence-electron chi connectivity index (χ0n) is 26.2. The van der Waals surface area contributed by atoms with E-state index < -0.39 is 0 Å². The van der Waals surface area contributed by atoms with Crippen LogP contribution in [-0.2, 0) is 0 Å². The molecule has 0 spiro atoms. The summed E-state index contributed by atoms with van der Waals surface area (Å²) < 4.78 is 0. The Hall–Kier alpha value is -4.46. The Kier molecular flexibility index (Phi) is 7.35. The molecule has 2 atom stereocenters. The van der Waals surface area contributed by atoms with Gasteiger partial charge in [-0.15, -0.1) is 0 Å². The van der Waals surface area contributed by atoms with Crippen LogP contribution >= 0.6 is 0 Å². The van der Waals surface area contributed by atoms with Crippen LogP contribution in [0.4, 0.5) is 0 Å². The van der Waals surface area contributed by atoms with Gasteiger partial charge in [0.25, 0.3) is 0 Å². The molecule has 0 heterocycles. The molecule has 2 aliphatic carbocycles. The van der Waals surface area contributed by atoms with E-state index in [9.17, 15) is 0 Å². The van der Waals surface area contributed by atoms with E-state index in [1.54, 1.807) is 11.1 Å². The molecule has 0 aliphatic heterocycles. The van der Waals surface area contributed by atoms with Gasteiger partial charge in [-0.2, -0.15) is 0 Å². The van der Waals surface area contributed by atoms with Gasteiger partial charge in [-0.3, -0.25) is 0 Å². The molecule has 0 aromatic heterocycles. The zero-order chi connectivity index (χ0) is 30.3. The lowest BCUT2D eigenvalue weighted by Gasteiger charge is -2.20. The lowest BCUT2D eigenvalue weighted by atomic mass is 9.90. The van der Waals surface area contributed by atoms with Crippen molar-refractivity contribution >= 4 is 43.2 Å². The summed E-state index contributed by atoms with van der Waals surface area (Å²) in [4.78, 5) is 0. The quantitative estimate of drug-likeness (QED) is 0.154. The van der Waals surface area contributed by atoms with Gasteiger partial charge in [0.1, 0.15) is 0 Å². The first-order chi connectivity index (χ1) is 22.2. The zero-order valence-corrected chi connectivity index (χ0v) is 27.2. The molecule has 218 valence electrons. The summed E-state index contributed by atoms with van der Waals surface area (Å²) in [5.74, 6) is 1.05. The molecule has 2 unspecified atom stereocenters. The number of rotatable bonds is 8. The molecule has 8 rings (SSSR count). The predicted molar refractivity (Wildman–Crippen MR) is 196 cm³/mol. The van der Waals surface area contributed by atoms with E-state index in [2.05, 4.69) is 147 Å². The molecule has 0 saturated heterocycles. The highest BCUT2D eigenvalue weighted by atomic mass is 28.2. The maximum Gasteiger partial charge on any atom is 0.0397 e. The van der Waals surface area contributed by atoms with Gasteiger partial charge in [-0.25, -0.2) is 0 Å². The average Bonchev–Trinajstić information content (AvgIpc) is 3.65. The molecule has 2 radical (unpaired) electrons. The minimum Gasteiger partial charge on any atom is -0.0626 e. The number of benzene rings is 6. The number of hydrogen-bond acceptors (Lipinski definition) is 0. The highest BCUT2D eigenvalue weighted by Gasteiger charge is 2.29. The molecule has 2 aliphatic rings. The van der Waals surface area contributed by atoms with Crippen molar-refractivity contribution in [1.82, 2.24) is 0 Å². The summed E-state index contributed by atoms with van der Waals surface area (Å²) in [6.45, 7) is 4.68. The predicted octanol–water partition coefficient (Wildman–Crippen LogP) is 12.3. The van der Waals surface area contributed by atoms with Gasteiger partial charge in [0.2, 0.25) is 0 Å². The maximum atomic E-state index is 2.53. The van der Waals surface area contributed by atoms with E-state index in [1.165, 1.54) is 78.1 Å². The molecule has 0 nitrogen and oxygen atoms in total. The summed E-state index contributed by atoms with van der Waals surface area (Å²) in [6, 6.07) is 47.6. The number of hydrogen-bond donors (Lipinski definition) is 0. The highest BCUT2D eigenvalue weighted by Crippen LogP contribution is 2.48. The Labute approximate surface area is 270 Å². The third-order valence-electron chi connectivity index (χ3n) is 10.3. The fourth-order valence-electron chi connectivity index (χ4n) is 8.01. The average molecular weight is 595 g/mol. The van der Waals surface area contributed by atoms with Crippen molar-refractivity contribution in [2.45, 2.75) is 50.6 Å². The minimum absolute atomic E-state index is 0.523. The van der Waals surface area contributed by atoms with Crippen molar-refractivity contribution in [2.24, 2.45) is 0 Å². The summed E-state index contributed by atoms with van der Waals surface area (Å²) in [7, 11) is 0.916. The fraction of sp³-hybridized carbons (Fsp3) is 0.182. The van der Waals surface area contributed by atoms with Crippen molar-refractivity contribution in [3.63, 3.8) is 0 Å². The van der Waals surface area contributed by atoms with Crippen LogP contribution in [0, 0.1) is 0 Å². The first-order valence-electron chi connectivity index (χ1n) is 16.6. The minimum atomic E-state index is 0.523. The van der Waals surface area contributed by atoms with Gasteiger partial charge in [-0.05, 0) is 78.9 Å². The largest absolute Gasteiger partial charge is 0.0626 e. The summed E-state index contributed by atoms with van der Waals surface area (Å²) in [5.41, 5.74) is 14.6. The third kappa shape index (κ3) is 4.82. The van der Waals surface area contributed by atoms with Crippen molar-refractivity contribution in [3.05, 3.63) is 155 Å². The molecule has 0 N–H and O–H groups in total. The van der Waals surface area contributed by atoms with Crippen molar-refractivity contribution in [1.29, 1.82) is 0 Å². The molecule has 6 aromatic rings. The van der Waals surface area contributed by atoms with Crippen molar-refractivity contribution < 1.29 is 0 Å². The number of allylic oxidation sites excluding steroid dienone is 2. The summed E-state index contributed by atoms with van der Waals surface area (Å²) >= 11 is 0. The van der Waals surface area contributed by atoms with Gasteiger partial charge in [0.15, 0.2) is 0 Å². The molecular weight excluding hydrogens is 557 g/mol. The SMILES string of the molecule is CCC1=Cc2c(-c3cccc4ccccc34)cccc2C1C[Si]CC1C(CC)=Cc2c(-c3cccc4ccccc34)cccc21. The van der Waals surface area contributed by atoms with Crippen molar-refractivity contribution in [3.8, 4) is 22.3 Å². The second-order valence-corrected chi connectivity index (χ2v) is 13.9. The van der Waals surface area contributed by atoms with Gasteiger partial charge in [-0.1, -0.05) is 171 Å². The van der Waals surface area contributed by atoms with Crippen LogP contribution in [0.3, 0.4) is 0 Å². The second kappa shape index (κ2) is 11.8. The standard InChI is InChI=1S/C44H38Si/c1-3-29-25-41-37(35-19-9-15-31-13-5-7-17-33(31)35)21-11-23-39(41)43(29)27-45-28-44-30(4-2)26-42-38(22-12-24-40(42)44)36-20-10-16-32-14-6-8-18-34(32)36/h5-26,43-44H,3-4,27-28H2,1-2H3. The Morgan fingerprint density at radius 3 is 1.31 bits per heavy atom. The number of fused-ring (bicyclic) bond motifs is 4. The molecule has 0 fully saturated rings. The van der Waals surface area contributed by atoms with E-state index in [0.29, 0.717) is 11.8 Å². The van der Waals surface area contributed by atoms with Crippen LogP contribution in [0.1, 0.15) is 60.8 Å². The molecule has 45 heavy (non-hydrogen) atoms. The van der Waals surface area contributed by atoms with Gasteiger partial charge < -0.3 is 0 Å². The molecule has 0 saturated carbocycles. The van der Waals surface area contributed by atoms with Crippen LogP contribution < -0.4 is 0 Å². The van der Waals surface area contributed by atoms with E-state index >= 15 is 0 Å². The molecule has 6 aromatic carbocycles. The lowest BCUT2D eigenvalue weighted by Crippen LogP contribution is -2.08. The van der Waals surface area contributed by atoms with Crippen LogP contribution in [0.15, 0.2) is 132 Å². The topological polar surface area (TPSA) is 0 Å². The van der Waals surface area contributed by atoms with Gasteiger partial charge in [0.05, 0.1) is 0 Å². The summed E-state index contributed by atoms with van der Waals surface area (Å²) in [6.07, 6.45) is 7.28. The Bertz CT molecular complexity index is 1960. The maximum absolute atomic E-state index is 2.53. The van der Waals surface area contributed by atoms with Crippen LogP contribution in [-0.4, -0.2) is 9.52 Å². The van der Waals surface area contributed by atoms with E-state index in [0.717, 1.165) is 22.4 Å². The monoisotopic (exact) mass is 594 g/mol. The van der Waals surface area contributed by atoms with Crippen LogP contribution in [0.5, 0.6) is 0 Å². The Balaban J connectivity index is 1.08. The fourth-order valence-corrected chi connectivity index (χ4v) is 9.72. The first kappa shape index (κ1) is 28.0.